The third-order valence-electron chi connectivity index (χ3n) is 3.09. The summed E-state index contributed by atoms with van der Waals surface area (Å²) in [5, 5.41) is 11.2. The normalized spacial score (nSPS) is 12.7. The van der Waals surface area contributed by atoms with Crippen LogP contribution in [0.3, 0.4) is 0 Å². The Kier molecular flexibility index (Phi) is 7.14. The van der Waals surface area contributed by atoms with Gasteiger partial charge in [-0.3, -0.25) is 14.4 Å². The van der Waals surface area contributed by atoms with Gasteiger partial charge >= 0.3 is 0 Å². The number of rotatable bonds is 7. The van der Waals surface area contributed by atoms with Gasteiger partial charge in [0.25, 0.3) is 0 Å². The largest absolute Gasteiger partial charge is 0.299 e. The van der Waals surface area contributed by atoms with Crippen LogP contribution in [0.4, 0.5) is 10.8 Å². The molecule has 0 radical (unpaired) electrons. The standard InChI is InChI=1S/C14H16Cl2N4O3S3/c1-4-24-14-19-18-13(25-14)17-12(21)8(2)20(26(3,22)23)11-6-9(15)5-10(16)7-11/h5-8H,4H2,1-3H3,(H,17,18,21)/t8-/m1/s1. The average Bonchev–Trinajstić information content (AvgIpc) is 2.92. The Hall–Kier alpha value is -1.07. The molecule has 0 bridgehead atoms. The molecule has 0 unspecified atom stereocenters. The van der Waals surface area contributed by atoms with Crippen molar-refractivity contribution in [3.63, 3.8) is 0 Å². The van der Waals surface area contributed by atoms with Gasteiger partial charge in [-0.15, -0.1) is 10.2 Å². The molecule has 1 atom stereocenters. The lowest BCUT2D eigenvalue weighted by molar-refractivity contribution is -0.116. The highest BCUT2D eigenvalue weighted by molar-refractivity contribution is 8.01. The molecule has 0 spiro atoms. The van der Waals surface area contributed by atoms with Crippen molar-refractivity contribution in [1.82, 2.24) is 10.2 Å². The van der Waals surface area contributed by atoms with Crippen LogP contribution in [0.25, 0.3) is 0 Å². The molecule has 0 fully saturated rings. The van der Waals surface area contributed by atoms with E-state index in [-0.39, 0.29) is 15.7 Å². The topological polar surface area (TPSA) is 92.3 Å². The number of anilines is 2. The first-order valence-electron chi connectivity index (χ1n) is 7.34. The summed E-state index contributed by atoms with van der Waals surface area (Å²) in [6, 6.07) is 3.29. The van der Waals surface area contributed by atoms with Crippen molar-refractivity contribution in [1.29, 1.82) is 0 Å². The molecule has 0 saturated heterocycles. The summed E-state index contributed by atoms with van der Waals surface area (Å²) in [6.07, 6.45) is 1.01. The molecule has 1 heterocycles. The number of nitrogens with one attached hydrogen (secondary N) is 1. The molecule has 0 aliphatic rings. The Bertz CT molecular complexity index is 884. The fraction of sp³-hybridized carbons (Fsp3) is 0.357. The third-order valence-corrected chi connectivity index (χ3v) is 6.63. The van der Waals surface area contributed by atoms with E-state index < -0.39 is 22.0 Å². The fourth-order valence-electron chi connectivity index (χ4n) is 2.13. The van der Waals surface area contributed by atoms with E-state index in [1.165, 1.54) is 48.2 Å². The summed E-state index contributed by atoms with van der Waals surface area (Å²) in [7, 11) is -3.77. The Balaban J connectivity index is 2.28. The maximum absolute atomic E-state index is 12.6. The van der Waals surface area contributed by atoms with Crippen molar-refractivity contribution in [3.05, 3.63) is 28.2 Å². The molecule has 1 N–H and O–H groups in total. The Morgan fingerprint density at radius 3 is 2.46 bits per heavy atom. The van der Waals surface area contributed by atoms with E-state index in [1.54, 1.807) is 0 Å². The SMILES string of the molecule is CCSc1nnc(NC(=O)[C@@H](C)N(c2cc(Cl)cc(Cl)c2)S(C)(=O)=O)s1. The van der Waals surface area contributed by atoms with Crippen LogP contribution in [0.1, 0.15) is 13.8 Å². The lowest BCUT2D eigenvalue weighted by Crippen LogP contribution is -2.45. The first-order valence-corrected chi connectivity index (χ1v) is 11.7. The van der Waals surface area contributed by atoms with Gasteiger partial charge in [-0.25, -0.2) is 8.42 Å². The summed E-state index contributed by atoms with van der Waals surface area (Å²) < 4.78 is 26.2. The number of carbonyl (C=O) groups excluding carboxylic acids is 1. The van der Waals surface area contributed by atoms with E-state index in [0.717, 1.165) is 20.7 Å². The highest BCUT2D eigenvalue weighted by Gasteiger charge is 2.30. The second kappa shape index (κ2) is 8.75. The molecule has 142 valence electrons. The highest BCUT2D eigenvalue weighted by Crippen LogP contribution is 2.29. The van der Waals surface area contributed by atoms with Gasteiger partial charge in [0.05, 0.1) is 11.9 Å². The van der Waals surface area contributed by atoms with Crippen molar-refractivity contribution in [2.24, 2.45) is 0 Å². The number of sulfonamides is 1. The van der Waals surface area contributed by atoms with Gasteiger partial charge in [-0.2, -0.15) is 0 Å². The molecule has 26 heavy (non-hydrogen) atoms. The minimum atomic E-state index is -3.77. The van der Waals surface area contributed by atoms with Crippen LogP contribution in [0.5, 0.6) is 0 Å². The van der Waals surface area contributed by atoms with Crippen molar-refractivity contribution in [2.75, 3.05) is 21.6 Å². The molecule has 0 aliphatic heterocycles. The molecular weight excluding hydrogens is 439 g/mol. The first-order chi connectivity index (χ1) is 12.1. The summed E-state index contributed by atoms with van der Waals surface area (Å²) in [5.74, 6) is 0.284. The van der Waals surface area contributed by atoms with Crippen LogP contribution < -0.4 is 9.62 Å². The van der Waals surface area contributed by atoms with Crippen LogP contribution in [-0.2, 0) is 14.8 Å². The molecule has 1 aromatic carbocycles. The van der Waals surface area contributed by atoms with Gasteiger partial charge in [0.15, 0.2) is 4.34 Å². The van der Waals surface area contributed by atoms with Crippen LogP contribution in [0.2, 0.25) is 10.0 Å². The van der Waals surface area contributed by atoms with E-state index >= 15 is 0 Å². The number of carbonyl (C=O) groups is 1. The molecule has 7 nitrogen and oxygen atoms in total. The predicted octanol–water partition coefficient (Wildman–Crippen LogP) is 3.75. The van der Waals surface area contributed by atoms with Gasteiger partial charge in [0.2, 0.25) is 21.1 Å². The molecule has 0 saturated carbocycles. The number of halogens is 2. The molecule has 1 amide bonds. The molecule has 2 aromatic rings. The van der Waals surface area contributed by atoms with Crippen molar-refractivity contribution < 1.29 is 13.2 Å². The predicted molar refractivity (Wildman–Crippen MR) is 108 cm³/mol. The Morgan fingerprint density at radius 2 is 1.92 bits per heavy atom. The first kappa shape index (κ1) is 21.2. The lowest BCUT2D eigenvalue weighted by Gasteiger charge is -2.28. The molecule has 1 aromatic heterocycles. The number of benzene rings is 1. The van der Waals surface area contributed by atoms with E-state index in [2.05, 4.69) is 15.5 Å². The minimum absolute atomic E-state index is 0.201. The Labute approximate surface area is 170 Å². The maximum atomic E-state index is 12.6. The third kappa shape index (κ3) is 5.46. The van der Waals surface area contributed by atoms with Crippen molar-refractivity contribution in [2.45, 2.75) is 24.2 Å². The van der Waals surface area contributed by atoms with E-state index in [9.17, 15) is 13.2 Å². The van der Waals surface area contributed by atoms with Crippen molar-refractivity contribution >= 4 is 73.0 Å². The van der Waals surface area contributed by atoms with Crippen LogP contribution >= 0.6 is 46.3 Å². The van der Waals surface area contributed by atoms with Gasteiger partial charge in [-0.1, -0.05) is 53.2 Å². The smallest absolute Gasteiger partial charge is 0.249 e. The number of amides is 1. The number of aromatic nitrogens is 2. The lowest BCUT2D eigenvalue weighted by atomic mass is 10.2. The number of hydrogen-bond acceptors (Lipinski definition) is 7. The average molecular weight is 455 g/mol. The fourth-order valence-corrected chi connectivity index (χ4v) is 5.45. The number of nitrogens with zero attached hydrogens (tertiary/aromatic N) is 3. The van der Waals surface area contributed by atoms with Crippen LogP contribution in [0.15, 0.2) is 22.5 Å². The minimum Gasteiger partial charge on any atom is -0.299 e. The van der Waals surface area contributed by atoms with Gasteiger partial charge in [-0.05, 0) is 30.9 Å². The van der Waals surface area contributed by atoms with Crippen molar-refractivity contribution in [3.8, 4) is 0 Å². The summed E-state index contributed by atoms with van der Waals surface area (Å²) in [5.41, 5.74) is 0.201. The van der Waals surface area contributed by atoms with Gasteiger partial charge < -0.3 is 0 Å². The zero-order valence-electron chi connectivity index (χ0n) is 14.1. The maximum Gasteiger partial charge on any atom is 0.249 e. The quantitative estimate of drug-likeness (QED) is 0.505. The van der Waals surface area contributed by atoms with Crippen LogP contribution in [0, 0.1) is 0 Å². The molecule has 0 aliphatic carbocycles. The highest BCUT2D eigenvalue weighted by atomic mass is 35.5. The molecule has 12 heteroatoms. The van der Waals surface area contributed by atoms with E-state index in [0.29, 0.717) is 5.13 Å². The molecular formula is C14H16Cl2N4O3S3. The summed E-state index contributed by atoms with van der Waals surface area (Å²) >= 11 is 14.7. The zero-order valence-corrected chi connectivity index (χ0v) is 18.0. The van der Waals surface area contributed by atoms with Crippen LogP contribution in [-0.4, -0.2) is 42.6 Å². The zero-order chi connectivity index (χ0) is 19.5. The Morgan fingerprint density at radius 1 is 1.31 bits per heavy atom. The second-order valence-electron chi connectivity index (χ2n) is 5.16. The monoisotopic (exact) mass is 454 g/mol. The van der Waals surface area contributed by atoms with Gasteiger partial charge in [0, 0.05) is 10.0 Å². The van der Waals surface area contributed by atoms with E-state index in [4.69, 9.17) is 23.2 Å². The summed E-state index contributed by atoms with van der Waals surface area (Å²) in [6.45, 7) is 3.44. The van der Waals surface area contributed by atoms with E-state index in [1.807, 2.05) is 6.92 Å². The van der Waals surface area contributed by atoms with Gasteiger partial charge in [0.1, 0.15) is 6.04 Å². The second-order valence-corrected chi connectivity index (χ2v) is 10.4. The molecule has 2 rings (SSSR count). The summed E-state index contributed by atoms with van der Waals surface area (Å²) in [4.78, 5) is 12.6. The number of thioether (sulfide) groups is 1. The number of hydrogen-bond donors (Lipinski definition) is 1.